The summed E-state index contributed by atoms with van der Waals surface area (Å²) in [6, 6.07) is 6.33. The Morgan fingerprint density at radius 3 is 2.65 bits per heavy atom. The average Bonchev–Trinajstić information content (AvgIpc) is 2.92. The number of pyridine rings is 1. The summed E-state index contributed by atoms with van der Waals surface area (Å²) in [7, 11) is 0. The van der Waals surface area contributed by atoms with Gasteiger partial charge in [-0.05, 0) is 62.4 Å². The number of H-pyrrole nitrogens is 1. The molecular formula is C19H22ClN3. The van der Waals surface area contributed by atoms with Crippen LogP contribution in [0, 0.1) is 13.8 Å². The first kappa shape index (κ1) is 16.0. The second-order valence-corrected chi connectivity index (χ2v) is 6.44. The molecule has 0 saturated carbocycles. The van der Waals surface area contributed by atoms with Gasteiger partial charge < -0.3 is 10.7 Å². The van der Waals surface area contributed by atoms with Crippen LogP contribution in [0.3, 0.4) is 0 Å². The standard InChI is InChI=1S/C19H22ClN3/c1-12-6-7-13(2)18-17(12)15(5-3-4-9-21)19(23-18)14-8-10-22-11-16(14)20/h6-8,10-11,23H,3-5,9,21H2,1-2H3. The lowest BCUT2D eigenvalue weighted by Gasteiger charge is -2.07. The Morgan fingerprint density at radius 1 is 1.13 bits per heavy atom. The summed E-state index contributed by atoms with van der Waals surface area (Å²) in [6.45, 7) is 5.03. The van der Waals surface area contributed by atoms with Crippen LogP contribution in [-0.2, 0) is 6.42 Å². The third-order valence-electron chi connectivity index (χ3n) is 4.40. The molecule has 0 spiro atoms. The maximum atomic E-state index is 6.40. The van der Waals surface area contributed by atoms with Crippen LogP contribution in [0.25, 0.3) is 22.2 Å². The molecule has 0 radical (unpaired) electrons. The van der Waals surface area contributed by atoms with Crippen molar-refractivity contribution >= 4 is 22.5 Å². The first-order chi connectivity index (χ1) is 11.1. The smallest absolute Gasteiger partial charge is 0.0682 e. The molecule has 23 heavy (non-hydrogen) atoms. The first-order valence-corrected chi connectivity index (χ1v) is 8.42. The largest absolute Gasteiger partial charge is 0.354 e. The molecule has 0 atom stereocenters. The Bertz CT molecular complexity index is 836. The molecule has 120 valence electrons. The molecule has 0 bridgehead atoms. The van der Waals surface area contributed by atoms with E-state index in [4.69, 9.17) is 17.3 Å². The molecule has 0 amide bonds. The van der Waals surface area contributed by atoms with Crippen molar-refractivity contribution < 1.29 is 0 Å². The number of hydrogen-bond donors (Lipinski definition) is 2. The van der Waals surface area contributed by atoms with Gasteiger partial charge >= 0.3 is 0 Å². The minimum atomic E-state index is 0.675. The van der Waals surface area contributed by atoms with E-state index in [1.165, 1.54) is 27.6 Å². The van der Waals surface area contributed by atoms with Crippen molar-refractivity contribution in [2.24, 2.45) is 5.73 Å². The molecule has 3 nitrogen and oxygen atoms in total. The minimum absolute atomic E-state index is 0.675. The van der Waals surface area contributed by atoms with E-state index in [0.717, 1.165) is 37.1 Å². The van der Waals surface area contributed by atoms with E-state index >= 15 is 0 Å². The van der Waals surface area contributed by atoms with Crippen molar-refractivity contribution in [2.75, 3.05) is 6.54 Å². The number of aryl methyl sites for hydroxylation is 3. The van der Waals surface area contributed by atoms with E-state index in [2.05, 4.69) is 35.9 Å². The van der Waals surface area contributed by atoms with Crippen LogP contribution < -0.4 is 5.73 Å². The van der Waals surface area contributed by atoms with Crippen LogP contribution in [0.1, 0.15) is 29.5 Å². The number of rotatable bonds is 5. The normalized spacial score (nSPS) is 11.3. The van der Waals surface area contributed by atoms with Crippen molar-refractivity contribution in [3.63, 3.8) is 0 Å². The molecule has 0 aliphatic rings. The molecule has 0 aliphatic carbocycles. The fourth-order valence-electron chi connectivity index (χ4n) is 3.19. The number of fused-ring (bicyclic) bond motifs is 1. The number of unbranched alkanes of at least 4 members (excludes halogenated alkanes) is 1. The highest BCUT2D eigenvalue weighted by atomic mass is 35.5. The van der Waals surface area contributed by atoms with Crippen LogP contribution in [0.15, 0.2) is 30.6 Å². The molecule has 3 aromatic rings. The second-order valence-electron chi connectivity index (χ2n) is 6.03. The third kappa shape index (κ3) is 2.99. The van der Waals surface area contributed by atoms with Crippen LogP contribution >= 0.6 is 11.6 Å². The van der Waals surface area contributed by atoms with Crippen LogP contribution in [0.5, 0.6) is 0 Å². The quantitative estimate of drug-likeness (QED) is 0.662. The average molecular weight is 328 g/mol. The van der Waals surface area contributed by atoms with Gasteiger partial charge in [-0.3, -0.25) is 4.98 Å². The Hall–Kier alpha value is -1.84. The van der Waals surface area contributed by atoms with Gasteiger partial charge in [0.25, 0.3) is 0 Å². The summed E-state index contributed by atoms with van der Waals surface area (Å²) in [5.74, 6) is 0. The SMILES string of the molecule is Cc1ccc(C)c2c(CCCCN)c(-c3ccncc3Cl)[nH]c12. The lowest BCUT2D eigenvalue weighted by atomic mass is 9.97. The lowest BCUT2D eigenvalue weighted by Crippen LogP contribution is -1.99. The van der Waals surface area contributed by atoms with Gasteiger partial charge in [-0.25, -0.2) is 0 Å². The first-order valence-electron chi connectivity index (χ1n) is 8.04. The minimum Gasteiger partial charge on any atom is -0.354 e. The number of halogens is 1. The van der Waals surface area contributed by atoms with Gasteiger partial charge in [-0.15, -0.1) is 0 Å². The van der Waals surface area contributed by atoms with E-state index in [9.17, 15) is 0 Å². The summed E-state index contributed by atoms with van der Waals surface area (Å²) in [4.78, 5) is 7.72. The van der Waals surface area contributed by atoms with Crippen LogP contribution in [-0.4, -0.2) is 16.5 Å². The van der Waals surface area contributed by atoms with E-state index in [-0.39, 0.29) is 0 Å². The maximum absolute atomic E-state index is 6.40. The van der Waals surface area contributed by atoms with Crippen molar-refractivity contribution in [2.45, 2.75) is 33.1 Å². The summed E-state index contributed by atoms with van der Waals surface area (Å²) in [6.07, 6.45) is 6.59. The molecule has 2 heterocycles. The number of benzene rings is 1. The number of hydrogen-bond acceptors (Lipinski definition) is 2. The highest BCUT2D eigenvalue weighted by Gasteiger charge is 2.17. The van der Waals surface area contributed by atoms with Crippen molar-refractivity contribution in [3.05, 3.63) is 52.3 Å². The molecule has 4 heteroatoms. The molecule has 3 rings (SSSR count). The highest BCUT2D eigenvalue weighted by Crippen LogP contribution is 2.37. The van der Waals surface area contributed by atoms with Gasteiger partial charge in [-0.2, -0.15) is 0 Å². The van der Waals surface area contributed by atoms with Crippen molar-refractivity contribution in [1.82, 2.24) is 9.97 Å². The van der Waals surface area contributed by atoms with Gasteiger partial charge in [0.05, 0.1) is 10.7 Å². The van der Waals surface area contributed by atoms with Crippen molar-refractivity contribution in [3.8, 4) is 11.3 Å². The van der Waals surface area contributed by atoms with Gasteiger partial charge in [0.1, 0.15) is 0 Å². The Balaban J connectivity index is 2.24. The number of aromatic amines is 1. The summed E-state index contributed by atoms with van der Waals surface area (Å²) < 4.78 is 0. The number of nitrogens with one attached hydrogen (secondary N) is 1. The van der Waals surface area contributed by atoms with E-state index < -0.39 is 0 Å². The molecule has 1 aromatic carbocycles. The molecular weight excluding hydrogens is 306 g/mol. The predicted molar refractivity (Wildman–Crippen MR) is 98.0 cm³/mol. The number of nitrogens with two attached hydrogens (primary N) is 1. The monoisotopic (exact) mass is 327 g/mol. The highest BCUT2D eigenvalue weighted by molar-refractivity contribution is 6.33. The predicted octanol–water partition coefficient (Wildman–Crippen LogP) is 4.78. The van der Waals surface area contributed by atoms with Gasteiger partial charge in [0.15, 0.2) is 0 Å². The Labute approximate surface area is 141 Å². The van der Waals surface area contributed by atoms with Crippen LogP contribution in [0.2, 0.25) is 5.02 Å². The lowest BCUT2D eigenvalue weighted by molar-refractivity contribution is 0.748. The molecule has 0 saturated heterocycles. The molecule has 0 fully saturated rings. The number of nitrogens with zero attached hydrogens (tertiary/aromatic N) is 1. The topological polar surface area (TPSA) is 54.7 Å². The number of aromatic nitrogens is 2. The zero-order valence-electron chi connectivity index (χ0n) is 13.6. The van der Waals surface area contributed by atoms with Crippen LogP contribution in [0.4, 0.5) is 0 Å². The summed E-state index contributed by atoms with van der Waals surface area (Å²) in [5.41, 5.74) is 12.9. The molecule has 2 aromatic heterocycles. The fourth-order valence-corrected chi connectivity index (χ4v) is 3.40. The van der Waals surface area contributed by atoms with Gasteiger partial charge in [0, 0.05) is 28.9 Å². The Morgan fingerprint density at radius 2 is 1.91 bits per heavy atom. The van der Waals surface area contributed by atoms with E-state index in [1.54, 1.807) is 12.4 Å². The zero-order valence-corrected chi connectivity index (χ0v) is 14.4. The zero-order chi connectivity index (χ0) is 16.4. The molecule has 0 unspecified atom stereocenters. The van der Waals surface area contributed by atoms with Gasteiger partial charge in [0.2, 0.25) is 0 Å². The van der Waals surface area contributed by atoms with Gasteiger partial charge in [-0.1, -0.05) is 23.7 Å². The Kier molecular flexibility index (Phi) is 4.69. The maximum Gasteiger partial charge on any atom is 0.0682 e. The van der Waals surface area contributed by atoms with E-state index in [0.29, 0.717) is 5.02 Å². The summed E-state index contributed by atoms with van der Waals surface area (Å²) >= 11 is 6.40. The van der Waals surface area contributed by atoms with Crippen molar-refractivity contribution in [1.29, 1.82) is 0 Å². The van der Waals surface area contributed by atoms with E-state index in [1.807, 2.05) is 6.07 Å². The molecule has 3 N–H and O–H groups in total. The second kappa shape index (κ2) is 6.73. The third-order valence-corrected chi connectivity index (χ3v) is 4.70. The summed E-state index contributed by atoms with van der Waals surface area (Å²) in [5, 5.41) is 2.00. The fraction of sp³-hybridized carbons (Fsp3) is 0.316. The molecule has 0 aliphatic heterocycles.